The van der Waals surface area contributed by atoms with Crippen molar-refractivity contribution in [3.63, 3.8) is 0 Å². The summed E-state index contributed by atoms with van der Waals surface area (Å²) in [6.45, 7) is 5.07. The molecule has 1 fully saturated rings. The van der Waals surface area contributed by atoms with Crippen LogP contribution in [0.3, 0.4) is 0 Å². The largest absolute Gasteiger partial charge is 0.491 e. The van der Waals surface area contributed by atoms with E-state index in [1.165, 1.54) is 43.2 Å². The van der Waals surface area contributed by atoms with Gasteiger partial charge in [0.2, 0.25) is 0 Å². The van der Waals surface area contributed by atoms with E-state index in [4.69, 9.17) is 14.2 Å². The van der Waals surface area contributed by atoms with Crippen LogP contribution < -0.4 is 9.47 Å². The van der Waals surface area contributed by atoms with E-state index in [9.17, 15) is 0 Å². The lowest BCUT2D eigenvalue weighted by atomic mass is 9.84. The molecule has 0 N–H and O–H groups in total. The molecule has 0 saturated heterocycles. The van der Waals surface area contributed by atoms with Crippen molar-refractivity contribution in [2.75, 3.05) is 13.2 Å². The molecule has 0 bridgehead atoms. The van der Waals surface area contributed by atoms with Crippen LogP contribution >= 0.6 is 0 Å². The highest BCUT2D eigenvalue weighted by molar-refractivity contribution is 5.30. The molecular formula is C24H32O3. The van der Waals surface area contributed by atoms with Crippen LogP contribution in [0.5, 0.6) is 11.5 Å². The first kappa shape index (κ1) is 19.8. The predicted octanol–water partition coefficient (Wildman–Crippen LogP) is 6.12. The average Bonchev–Trinajstić information content (AvgIpc) is 2.73. The Morgan fingerprint density at radius 1 is 0.852 bits per heavy atom. The van der Waals surface area contributed by atoms with E-state index in [-0.39, 0.29) is 6.29 Å². The van der Waals surface area contributed by atoms with Crippen molar-refractivity contribution < 1.29 is 14.2 Å². The number of hydrogen-bond acceptors (Lipinski definition) is 3. The summed E-state index contributed by atoms with van der Waals surface area (Å²) < 4.78 is 17.3. The lowest BCUT2D eigenvalue weighted by molar-refractivity contribution is -0.0739. The molecule has 27 heavy (non-hydrogen) atoms. The number of benzene rings is 2. The molecule has 3 rings (SSSR count). The van der Waals surface area contributed by atoms with Gasteiger partial charge in [0.15, 0.2) is 6.29 Å². The van der Waals surface area contributed by atoms with Crippen molar-refractivity contribution >= 4 is 0 Å². The Balaban J connectivity index is 1.35. The van der Waals surface area contributed by atoms with Gasteiger partial charge in [0, 0.05) is 0 Å². The highest BCUT2D eigenvalue weighted by Gasteiger charge is 2.15. The molecule has 2 aromatic carbocycles. The van der Waals surface area contributed by atoms with Gasteiger partial charge >= 0.3 is 0 Å². The second-order valence-corrected chi connectivity index (χ2v) is 7.31. The van der Waals surface area contributed by atoms with Gasteiger partial charge in [0.05, 0.1) is 6.61 Å². The fourth-order valence-electron chi connectivity index (χ4n) is 3.68. The van der Waals surface area contributed by atoms with Crippen LogP contribution in [0.4, 0.5) is 0 Å². The average molecular weight is 369 g/mol. The van der Waals surface area contributed by atoms with Crippen molar-refractivity contribution in [1.29, 1.82) is 0 Å². The van der Waals surface area contributed by atoms with Crippen LogP contribution in [0.2, 0.25) is 0 Å². The monoisotopic (exact) mass is 368 g/mol. The van der Waals surface area contributed by atoms with Crippen LogP contribution in [0.1, 0.15) is 63.0 Å². The first-order valence-corrected chi connectivity index (χ1v) is 10.3. The minimum absolute atomic E-state index is 0.297. The topological polar surface area (TPSA) is 27.7 Å². The Hall–Kier alpha value is -2.00. The van der Waals surface area contributed by atoms with Crippen LogP contribution in [-0.2, 0) is 11.2 Å². The summed E-state index contributed by atoms with van der Waals surface area (Å²) in [5.41, 5.74) is 2.76. The summed E-state index contributed by atoms with van der Waals surface area (Å²) in [4.78, 5) is 0. The number of ether oxygens (including phenoxy) is 3. The Morgan fingerprint density at radius 3 is 2.19 bits per heavy atom. The molecule has 0 heterocycles. The van der Waals surface area contributed by atoms with E-state index in [1.807, 2.05) is 19.1 Å². The number of aryl methyl sites for hydroxylation is 1. The Labute approximate surface area is 163 Å². The van der Waals surface area contributed by atoms with Gasteiger partial charge in [-0.1, -0.05) is 50.5 Å². The second-order valence-electron chi connectivity index (χ2n) is 7.31. The SMILES string of the molecule is CCc1ccc(OC(C)OCCOc2ccc(C3CCCCC3)cc2)cc1. The predicted molar refractivity (Wildman–Crippen MR) is 110 cm³/mol. The third-order valence-corrected chi connectivity index (χ3v) is 5.29. The standard InChI is InChI=1S/C24H32O3/c1-3-20-9-13-24(14-10-20)27-19(2)25-17-18-26-23-15-11-22(12-16-23)21-7-5-4-6-8-21/h9-16,19,21H,3-8,17-18H2,1-2H3. The summed E-state index contributed by atoms with van der Waals surface area (Å²) in [5.74, 6) is 2.47. The number of rotatable bonds is 9. The molecule has 2 aromatic rings. The van der Waals surface area contributed by atoms with Crippen molar-refractivity contribution in [3.05, 3.63) is 59.7 Å². The zero-order chi connectivity index (χ0) is 18.9. The molecular weight excluding hydrogens is 336 g/mol. The first-order valence-electron chi connectivity index (χ1n) is 10.3. The number of hydrogen-bond donors (Lipinski definition) is 0. The van der Waals surface area contributed by atoms with Gasteiger partial charge in [-0.25, -0.2) is 0 Å². The van der Waals surface area contributed by atoms with Gasteiger partial charge in [-0.2, -0.15) is 0 Å². The van der Waals surface area contributed by atoms with Crippen LogP contribution in [-0.4, -0.2) is 19.5 Å². The Kier molecular flexibility index (Phi) is 7.58. The third kappa shape index (κ3) is 6.28. The molecule has 0 amide bonds. The molecule has 1 saturated carbocycles. The summed E-state index contributed by atoms with van der Waals surface area (Å²) in [6, 6.07) is 16.8. The maximum absolute atomic E-state index is 5.80. The normalized spacial score (nSPS) is 16.1. The van der Waals surface area contributed by atoms with Crippen LogP contribution in [0.25, 0.3) is 0 Å². The van der Waals surface area contributed by atoms with E-state index in [2.05, 4.69) is 43.3 Å². The quantitative estimate of drug-likeness (QED) is 0.394. The van der Waals surface area contributed by atoms with Gasteiger partial charge < -0.3 is 14.2 Å². The van der Waals surface area contributed by atoms with Crippen molar-refractivity contribution in [2.45, 2.75) is 64.6 Å². The minimum Gasteiger partial charge on any atom is -0.491 e. The molecule has 3 nitrogen and oxygen atoms in total. The molecule has 0 aromatic heterocycles. The van der Waals surface area contributed by atoms with E-state index in [0.717, 1.165) is 23.8 Å². The summed E-state index contributed by atoms with van der Waals surface area (Å²) in [5, 5.41) is 0. The van der Waals surface area contributed by atoms with Gasteiger partial charge in [0.1, 0.15) is 18.1 Å². The molecule has 1 atom stereocenters. The minimum atomic E-state index is -0.297. The van der Waals surface area contributed by atoms with Crippen molar-refractivity contribution in [1.82, 2.24) is 0 Å². The lowest BCUT2D eigenvalue weighted by Gasteiger charge is -2.22. The molecule has 3 heteroatoms. The van der Waals surface area contributed by atoms with E-state index in [0.29, 0.717) is 13.2 Å². The van der Waals surface area contributed by atoms with Gasteiger partial charge in [-0.05, 0) is 67.5 Å². The first-order chi connectivity index (χ1) is 13.2. The molecule has 146 valence electrons. The maximum Gasteiger partial charge on any atom is 0.197 e. The zero-order valence-corrected chi connectivity index (χ0v) is 16.7. The summed E-state index contributed by atoms with van der Waals surface area (Å²) in [7, 11) is 0. The van der Waals surface area contributed by atoms with Gasteiger partial charge in [0.25, 0.3) is 0 Å². The van der Waals surface area contributed by atoms with E-state index < -0.39 is 0 Å². The second kappa shape index (κ2) is 10.4. The van der Waals surface area contributed by atoms with Gasteiger partial charge in [-0.15, -0.1) is 0 Å². The van der Waals surface area contributed by atoms with Crippen molar-refractivity contribution in [3.8, 4) is 11.5 Å². The molecule has 0 radical (unpaired) electrons. The Morgan fingerprint density at radius 2 is 1.52 bits per heavy atom. The smallest absolute Gasteiger partial charge is 0.197 e. The van der Waals surface area contributed by atoms with Crippen LogP contribution in [0.15, 0.2) is 48.5 Å². The van der Waals surface area contributed by atoms with Crippen molar-refractivity contribution in [2.24, 2.45) is 0 Å². The third-order valence-electron chi connectivity index (χ3n) is 5.29. The molecule has 1 unspecified atom stereocenters. The summed E-state index contributed by atoms with van der Waals surface area (Å²) >= 11 is 0. The highest BCUT2D eigenvalue weighted by atomic mass is 16.7. The Bertz CT molecular complexity index is 657. The fourth-order valence-corrected chi connectivity index (χ4v) is 3.68. The molecule has 0 aliphatic heterocycles. The van der Waals surface area contributed by atoms with E-state index >= 15 is 0 Å². The fraction of sp³-hybridized carbons (Fsp3) is 0.500. The highest BCUT2D eigenvalue weighted by Crippen LogP contribution is 2.33. The molecule has 1 aliphatic rings. The molecule has 0 spiro atoms. The van der Waals surface area contributed by atoms with Crippen LogP contribution in [0, 0.1) is 0 Å². The summed E-state index contributed by atoms with van der Waals surface area (Å²) in [6.07, 6.45) is 7.51. The zero-order valence-electron chi connectivity index (χ0n) is 16.7. The van der Waals surface area contributed by atoms with Gasteiger partial charge in [-0.3, -0.25) is 0 Å². The molecule has 1 aliphatic carbocycles. The lowest BCUT2D eigenvalue weighted by Crippen LogP contribution is -2.19. The maximum atomic E-state index is 5.80. The van der Waals surface area contributed by atoms with E-state index in [1.54, 1.807) is 0 Å².